The molecule has 7 nitrogen and oxygen atoms in total. The Hall–Kier alpha value is -1.42. The zero-order chi connectivity index (χ0) is 13.9. The van der Waals surface area contributed by atoms with E-state index in [1.54, 1.807) is 16.9 Å². The van der Waals surface area contributed by atoms with Crippen LogP contribution in [0.5, 0.6) is 0 Å². The molecule has 0 saturated carbocycles. The lowest BCUT2D eigenvalue weighted by Crippen LogP contribution is -2.47. The van der Waals surface area contributed by atoms with E-state index in [1.165, 1.54) is 0 Å². The minimum atomic E-state index is 0. The van der Waals surface area contributed by atoms with Crippen LogP contribution in [0.2, 0.25) is 0 Å². The quantitative estimate of drug-likeness (QED) is 0.459. The van der Waals surface area contributed by atoms with Crippen LogP contribution >= 0.6 is 24.0 Å². The summed E-state index contributed by atoms with van der Waals surface area (Å²) < 4.78 is 7.27. The van der Waals surface area contributed by atoms with Crippen LogP contribution in [0, 0.1) is 0 Å². The standard InChI is InChI=1S/C13H18N6O.HI/c1-10-9-18(6-7-20-10)13(14)16-8-11-2-4-15-12-3-5-17-19(11)12;/h2-5,10H,6-9H2,1H3,(H2,14,16);1H. The third kappa shape index (κ3) is 3.62. The Morgan fingerprint density at radius 3 is 3.14 bits per heavy atom. The summed E-state index contributed by atoms with van der Waals surface area (Å²) in [5.74, 6) is 0.553. The fourth-order valence-corrected chi connectivity index (χ4v) is 2.29. The summed E-state index contributed by atoms with van der Waals surface area (Å²) in [6.45, 7) is 4.78. The number of morpholine rings is 1. The van der Waals surface area contributed by atoms with Crippen LogP contribution in [0.4, 0.5) is 0 Å². The molecule has 2 aromatic rings. The summed E-state index contributed by atoms with van der Waals surface area (Å²) in [4.78, 5) is 10.7. The van der Waals surface area contributed by atoms with Crippen molar-refractivity contribution in [2.75, 3.05) is 19.7 Å². The van der Waals surface area contributed by atoms with E-state index in [4.69, 9.17) is 10.5 Å². The van der Waals surface area contributed by atoms with Gasteiger partial charge in [-0.05, 0) is 13.0 Å². The van der Waals surface area contributed by atoms with E-state index in [0.717, 1.165) is 24.4 Å². The van der Waals surface area contributed by atoms with Crippen LogP contribution in [-0.4, -0.2) is 51.3 Å². The first kappa shape index (κ1) is 16.0. The maximum atomic E-state index is 6.05. The van der Waals surface area contributed by atoms with Crippen LogP contribution in [-0.2, 0) is 11.3 Å². The summed E-state index contributed by atoms with van der Waals surface area (Å²) in [7, 11) is 0. The highest BCUT2D eigenvalue weighted by molar-refractivity contribution is 14.0. The lowest BCUT2D eigenvalue weighted by Gasteiger charge is -2.31. The average molecular weight is 402 g/mol. The van der Waals surface area contributed by atoms with Crippen molar-refractivity contribution >= 4 is 35.6 Å². The molecule has 1 aliphatic heterocycles. The Balaban J connectivity index is 0.00000161. The van der Waals surface area contributed by atoms with E-state index >= 15 is 0 Å². The molecule has 1 fully saturated rings. The molecule has 2 N–H and O–H groups in total. The van der Waals surface area contributed by atoms with Gasteiger partial charge in [0.2, 0.25) is 0 Å². The predicted octanol–water partition coefficient (Wildman–Crippen LogP) is 0.883. The summed E-state index contributed by atoms with van der Waals surface area (Å²) in [5, 5.41) is 4.23. The van der Waals surface area contributed by atoms with Crippen molar-refractivity contribution in [1.29, 1.82) is 0 Å². The molecular weight excluding hydrogens is 383 g/mol. The largest absolute Gasteiger partial charge is 0.375 e. The molecule has 0 radical (unpaired) electrons. The van der Waals surface area contributed by atoms with Crippen molar-refractivity contribution in [1.82, 2.24) is 19.5 Å². The molecule has 1 saturated heterocycles. The minimum absolute atomic E-state index is 0. The van der Waals surface area contributed by atoms with E-state index in [2.05, 4.69) is 20.0 Å². The first-order valence-corrected chi connectivity index (χ1v) is 6.68. The summed E-state index contributed by atoms with van der Waals surface area (Å²) in [6.07, 6.45) is 3.67. The molecular formula is C13H19IN6O. The molecule has 21 heavy (non-hydrogen) atoms. The normalized spacial score (nSPS) is 19.6. The number of hydrogen-bond acceptors (Lipinski definition) is 4. The monoisotopic (exact) mass is 402 g/mol. The van der Waals surface area contributed by atoms with Gasteiger partial charge in [-0.3, -0.25) is 0 Å². The second-order valence-electron chi connectivity index (χ2n) is 4.84. The number of aliphatic imine (C=N–C) groups is 1. The number of nitrogens with two attached hydrogens (primary N) is 1. The lowest BCUT2D eigenvalue weighted by molar-refractivity contribution is 0.00528. The molecule has 114 valence electrons. The van der Waals surface area contributed by atoms with Gasteiger partial charge in [0.05, 0.1) is 31.1 Å². The van der Waals surface area contributed by atoms with Crippen LogP contribution < -0.4 is 5.73 Å². The van der Waals surface area contributed by atoms with Gasteiger partial charge in [-0.2, -0.15) is 5.10 Å². The zero-order valence-electron chi connectivity index (χ0n) is 11.8. The highest BCUT2D eigenvalue weighted by Crippen LogP contribution is 2.07. The lowest BCUT2D eigenvalue weighted by atomic mass is 10.3. The molecule has 0 bridgehead atoms. The van der Waals surface area contributed by atoms with Gasteiger partial charge < -0.3 is 15.4 Å². The number of ether oxygens (including phenoxy) is 1. The molecule has 3 rings (SSSR count). The number of aromatic nitrogens is 3. The van der Waals surface area contributed by atoms with E-state index in [-0.39, 0.29) is 30.1 Å². The fourth-order valence-electron chi connectivity index (χ4n) is 2.29. The van der Waals surface area contributed by atoms with Crippen molar-refractivity contribution in [3.05, 3.63) is 30.2 Å². The SMILES string of the molecule is CC1CN(C(N)=NCc2ccnc3ccnn23)CCO1.I. The maximum absolute atomic E-state index is 6.05. The van der Waals surface area contributed by atoms with Crippen LogP contribution in [0.25, 0.3) is 5.65 Å². The van der Waals surface area contributed by atoms with E-state index < -0.39 is 0 Å². The first-order chi connectivity index (χ1) is 9.74. The third-order valence-electron chi connectivity index (χ3n) is 3.34. The summed E-state index contributed by atoms with van der Waals surface area (Å²) in [5.41, 5.74) is 7.83. The number of rotatable bonds is 2. The fraction of sp³-hybridized carbons (Fsp3) is 0.462. The third-order valence-corrected chi connectivity index (χ3v) is 3.34. The Labute approximate surface area is 140 Å². The number of fused-ring (bicyclic) bond motifs is 1. The van der Waals surface area contributed by atoms with E-state index in [0.29, 0.717) is 19.1 Å². The average Bonchev–Trinajstić information content (AvgIpc) is 2.93. The number of halogens is 1. The molecule has 8 heteroatoms. The Kier molecular flexibility index (Phi) is 5.34. The predicted molar refractivity (Wildman–Crippen MR) is 90.7 cm³/mol. The second-order valence-corrected chi connectivity index (χ2v) is 4.84. The Bertz CT molecular complexity index is 628. The van der Waals surface area contributed by atoms with Crippen LogP contribution in [0.3, 0.4) is 0 Å². The van der Waals surface area contributed by atoms with Crippen molar-refractivity contribution in [3.63, 3.8) is 0 Å². The number of hydrogen-bond donors (Lipinski definition) is 1. The maximum Gasteiger partial charge on any atom is 0.191 e. The van der Waals surface area contributed by atoms with E-state index in [1.807, 2.05) is 19.1 Å². The van der Waals surface area contributed by atoms with E-state index in [9.17, 15) is 0 Å². The molecule has 3 heterocycles. The molecule has 1 unspecified atom stereocenters. The smallest absolute Gasteiger partial charge is 0.191 e. The molecule has 1 aliphatic rings. The Morgan fingerprint density at radius 2 is 2.33 bits per heavy atom. The number of guanidine groups is 1. The zero-order valence-corrected chi connectivity index (χ0v) is 14.2. The van der Waals surface area contributed by atoms with Gasteiger partial charge in [-0.1, -0.05) is 0 Å². The highest BCUT2D eigenvalue weighted by Gasteiger charge is 2.17. The summed E-state index contributed by atoms with van der Waals surface area (Å²) in [6, 6.07) is 3.76. The van der Waals surface area contributed by atoms with Gasteiger partial charge in [0.25, 0.3) is 0 Å². The van der Waals surface area contributed by atoms with Crippen molar-refractivity contribution < 1.29 is 4.74 Å². The van der Waals surface area contributed by atoms with Crippen molar-refractivity contribution in [3.8, 4) is 0 Å². The molecule has 0 aromatic carbocycles. The second kappa shape index (κ2) is 7.03. The molecule has 0 amide bonds. The Morgan fingerprint density at radius 1 is 1.48 bits per heavy atom. The molecule has 0 aliphatic carbocycles. The van der Waals surface area contributed by atoms with Gasteiger partial charge in [0.15, 0.2) is 11.6 Å². The van der Waals surface area contributed by atoms with Gasteiger partial charge in [0, 0.05) is 25.4 Å². The van der Waals surface area contributed by atoms with Crippen LogP contribution in [0.15, 0.2) is 29.5 Å². The number of nitrogens with zero attached hydrogens (tertiary/aromatic N) is 5. The van der Waals surface area contributed by atoms with Crippen molar-refractivity contribution in [2.24, 2.45) is 10.7 Å². The first-order valence-electron chi connectivity index (χ1n) is 6.68. The molecule has 1 atom stereocenters. The van der Waals surface area contributed by atoms with Crippen LogP contribution in [0.1, 0.15) is 12.6 Å². The molecule has 2 aromatic heterocycles. The minimum Gasteiger partial charge on any atom is -0.375 e. The highest BCUT2D eigenvalue weighted by atomic mass is 127. The van der Waals surface area contributed by atoms with Gasteiger partial charge >= 0.3 is 0 Å². The topological polar surface area (TPSA) is 81.0 Å². The van der Waals surface area contributed by atoms with Gasteiger partial charge in [-0.25, -0.2) is 14.5 Å². The van der Waals surface area contributed by atoms with Gasteiger partial charge in [0.1, 0.15) is 0 Å². The summed E-state index contributed by atoms with van der Waals surface area (Å²) >= 11 is 0. The molecule has 0 spiro atoms. The van der Waals surface area contributed by atoms with Gasteiger partial charge in [-0.15, -0.1) is 24.0 Å². The van der Waals surface area contributed by atoms with Crippen molar-refractivity contribution in [2.45, 2.75) is 19.6 Å².